The third-order valence-electron chi connectivity index (χ3n) is 5.06. The predicted octanol–water partition coefficient (Wildman–Crippen LogP) is 3.57. The summed E-state index contributed by atoms with van der Waals surface area (Å²) in [6.07, 6.45) is 1.30. The fourth-order valence-electron chi connectivity index (χ4n) is 3.37. The zero-order valence-electron chi connectivity index (χ0n) is 17.3. The molecule has 4 aromatic rings. The Morgan fingerprint density at radius 2 is 1.72 bits per heavy atom. The number of amides is 1. The molecule has 162 valence electrons. The second kappa shape index (κ2) is 9.98. The summed E-state index contributed by atoms with van der Waals surface area (Å²) in [5, 5.41) is 2.97. The Morgan fingerprint density at radius 1 is 0.969 bits per heavy atom. The van der Waals surface area contributed by atoms with E-state index in [4.69, 9.17) is 4.74 Å². The summed E-state index contributed by atoms with van der Waals surface area (Å²) in [7, 11) is 0. The van der Waals surface area contributed by atoms with Crippen molar-refractivity contribution in [3.05, 3.63) is 112 Å². The lowest BCUT2D eigenvalue weighted by Crippen LogP contribution is -2.32. The number of carbonyl (C=O) groups excluding carboxylic acids is 1. The number of ether oxygens (including phenoxy) is 1. The smallest absolute Gasteiger partial charge is 0.261 e. The molecule has 0 spiro atoms. The van der Waals surface area contributed by atoms with E-state index in [0.29, 0.717) is 25.3 Å². The Bertz CT molecular complexity index is 1290. The highest BCUT2D eigenvalue weighted by Crippen LogP contribution is 2.12. The van der Waals surface area contributed by atoms with E-state index in [-0.39, 0.29) is 17.8 Å². The average molecular weight is 431 g/mol. The first kappa shape index (κ1) is 21.4. The number of carbonyl (C=O) groups is 1. The molecule has 0 saturated heterocycles. The molecule has 6 nitrogen and oxygen atoms in total. The fourth-order valence-corrected chi connectivity index (χ4v) is 3.37. The van der Waals surface area contributed by atoms with Gasteiger partial charge in [0.15, 0.2) is 0 Å². The monoisotopic (exact) mass is 431 g/mol. The lowest BCUT2D eigenvalue weighted by atomic mass is 10.1. The van der Waals surface area contributed by atoms with E-state index in [1.807, 2.05) is 54.6 Å². The lowest BCUT2D eigenvalue weighted by Gasteiger charge is -2.12. The van der Waals surface area contributed by atoms with Gasteiger partial charge in [-0.05, 0) is 34.9 Å². The van der Waals surface area contributed by atoms with Crippen molar-refractivity contribution in [3.8, 4) is 0 Å². The Balaban J connectivity index is 1.37. The van der Waals surface area contributed by atoms with E-state index in [2.05, 4.69) is 10.3 Å². The molecule has 7 heteroatoms. The van der Waals surface area contributed by atoms with Crippen LogP contribution in [0.4, 0.5) is 4.39 Å². The molecule has 3 aromatic carbocycles. The van der Waals surface area contributed by atoms with Crippen LogP contribution >= 0.6 is 0 Å². The van der Waals surface area contributed by atoms with Crippen molar-refractivity contribution in [1.29, 1.82) is 0 Å². The first-order chi connectivity index (χ1) is 15.6. The lowest BCUT2D eigenvalue weighted by molar-refractivity contribution is -0.121. The van der Waals surface area contributed by atoms with Crippen LogP contribution in [0, 0.1) is 5.82 Å². The summed E-state index contributed by atoms with van der Waals surface area (Å²) in [5.74, 6) is -0.866. The number of benzene rings is 3. The van der Waals surface area contributed by atoms with Crippen LogP contribution in [0.3, 0.4) is 0 Å². The third-order valence-corrected chi connectivity index (χ3v) is 5.06. The number of nitrogens with zero attached hydrogens (tertiary/aromatic N) is 2. The van der Waals surface area contributed by atoms with Crippen molar-refractivity contribution in [2.75, 3.05) is 0 Å². The second-order valence-electron chi connectivity index (χ2n) is 7.36. The summed E-state index contributed by atoms with van der Waals surface area (Å²) in [6.45, 7) is 1.01. The molecular formula is C25H22FN3O3. The number of hydrogen-bond donors (Lipinski definition) is 1. The van der Waals surface area contributed by atoms with Crippen molar-refractivity contribution in [2.24, 2.45) is 0 Å². The van der Waals surface area contributed by atoms with Gasteiger partial charge < -0.3 is 10.1 Å². The zero-order valence-corrected chi connectivity index (χ0v) is 17.3. The van der Waals surface area contributed by atoms with Crippen LogP contribution in [0.5, 0.6) is 0 Å². The number of nitrogens with one attached hydrogen (secondary N) is 1. The number of aromatic nitrogens is 2. The summed E-state index contributed by atoms with van der Waals surface area (Å²) >= 11 is 0. The molecule has 0 bridgehead atoms. The SMILES string of the molecule is O=C(Cn1cnc2ccc(F)cc2c1=O)NCc1ccccc1COCc1ccccc1. The summed E-state index contributed by atoms with van der Waals surface area (Å²) in [6, 6.07) is 21.4. The minimum absolute atomic E-state index is 0.140. The molecular weight excluding hydrogens is 409 g/mol. The highest BCUT2D eigenvalue weighted by Gasteiger charge is 2.10. The Morgan fingerprint density at radius 3 is 2.53 bits per heavy atom. The molecule has 1 amide bonds. The molecule has 0 radical (unpaired) electrons. The molecule has 0 aliphatic heterocycles. The van der Waals surface area contributed by atoms with Crippen molar-refractivity contribution in [2.45, 2.75) is 26.3 Å². The number of hydrogen-bond acceptors (Lipinski definition) is 4. The van der Waals surface area contributed by atoms with E-state index in [0.717, 1.165) is 22.8 Å². The predicted molar refractivity (Wildman–Crippen MR) is 119 cm³/mol. The highest BCUT2D eigenvalue weighted by molar-refractivity contribution is 5.79. The maximum atomic E-state index is 13.5. The normalized spacial score (nSPS) is 10.9. The average Bonchev–Trinajstić information content (AvgIpc) is 2.81. The van der Waals surface area contributed by atoms with Crippen LogP contribution in [-0.4, -0.2) is 15.5 Å². The third kappa shape index (κ3) is 5.25. The molecule has 0 aliphatic carbocycles. The molecule has 0 unspecified atom stereocenters. The van der Waals surface area contributed by atoms with E-state index >= 15 is 0 Å². The van der Waals surface area contributed by atoms with Crippen LogP contribution in [0.1, 0.15) is 16.7 Å². The van der Waals surface area contributed by atoms with Crippen molar-refractivity contribution in [1.82, 2.24) is 14.9 Å². The molecule has 1 heterocycles. The van der Waals surface area contributed by atoms with Gasteiger partial charge in [-0.25, -0.2) is 9.37 Å². The van der Waals surface area contributed by atoms with Gasteiger partial charge in [-0.2, -0.15) is 0 Å². The van der Waals surface area contributed by atoms with Gasteiger partial charge in [0.1, 0.15) is 12.4 Å². The minimum atomic E-state index is -0.523. The van der Waals surface area contributed by atoms with Gasteiger partial charge in [0, 0.05) is 6.54 Å². The number of rotatable bonds is 8. The van der Waals surface area contributed by atoms with Crippen molar-refractivity contribution in [3.63, 3.8) is 0 Å². The van der Waals surface area contributed by atoms with Crippen LogP contribution in [0.25, 0.3) is 10.9 Å². The summed E-state index contributed by atoms with van der Waals surface area (Å²) in [5.41, 5.74) is 2.92. The Labute approximate surface area is 184 Å². The van der Waals surface area contributed by atoms with Crippen molar-refractivity contribution < 1.29 is 13.9 Å². The standard InChI is InChI=1S/C25H22FN3O3/c26-21-10-11-23-22(12-21)25(31)29(17-28-23)14-24(30)27-13-19-8-4-5-9-20(19)16-32-15-18-6-2-1-3-7-18/h1-12,17H,13-16H2,(H,27,30). The topological polar surface area (TPSA) is 73.2 Å². The highest BCUT2D eigenvalue weighted by atomic mass is 19.1. The largest absolute Gasteiger partial charge is 0.372 e. The quantitative estimate of drug-likeness (QED) is 0.463. The van der Waals surface area contributed by atoms with Gasteiger partial charge in [-0.3, -0.25) is 14.2 Å². The maximum absolute atomic E-state index is 13.5. The molecule has 0 saturated carbocycles. The first-order valence-corrected chi connectivity index (χ1v) is 10.2. The van der Waals surface area contributed by atoms with E-state index in [1.165, 1.54) is 23.0 Å². The van der Waals surface area contributed by atoms with E-state index < -0.39 is 11.4 Å². The zero-order chi connectivity index (χ0) is 22.3. The molecule has 0 fully saturated rings. The summed E-state index contributed by atoms with van der Waals surface area (Å²) < 4.78 is 20.5. The first-order valence-electron chi connectivity index (χ1n) is 10.2. The Kier molecular flexibility index (Phi) is 6.67. The molecule has 1 N–H and O–H groups in total. The van der Waals surface area contributed by atoms with E-state index in [9.17, 15) is 14.0 Å². The van der Waals surface area contributed by atoms with Gasteiger partial charge in [0.2, 0.25) is 5.91 Å². The number of fused-ring (bicyclic) bond motifs is 1. The van der Waals surface area contributed by atoms with E-state index in [1.54, 1.807) is 0 Å². The number of halogens is 1. The summed E-state index contributed by atoms with van der Waals surface area (Å²) in [4.78, 5) is 29.1. The van der Waals surface area contributed by atoms with Crippen molar-refractivity contribution >= 4 is 16.8 Å². The van der Waals surface area contributed by atoms with Gasteiger partial charge in [-0.1, -0.05) is 54.6 Å². The minimum Gasteiger partial charge on any atom is -0.372 e. The molecule has 4 rings (SSSR count). The van der Waals surface area contributed by atoms with Gasteiger partial charge in [0.05, 0.1) is 30.4 Å². The van der Waals surface area contributed by atoms with Gasteiger partial charge >= 0.3 is 0 Å². The van der Waals surface area contributed by atoms with Crippen LogP contribution in [0.2, 0.25) is 0 Å². The Hall–Kier alpha value is -3.84. The molecule has 0 atom stereocenters. The maximum Gasteiger partial charge on any atom is 0.261 e. The van der Waals surface area contributed by atoms with Gasteiger partial charge in [0.25, 0.3) is 5.56 Å². The molecule has 0 aliphatic rings. The van der Waals surface area contributed by atoms with Crippen LogP contribution in [-0.2, 0) is 35.8 Å². The van der Waals surface area contributed by atoms with Crippen LogP contribution < -0.4 is 10.9 Å². The van der Waals surface area contributed by atoms with Gasteiger partial charge in [-0.15, -0.1) is 0 Å². The van der Waals surface area contributed by atoms with Crippen LogP contribution in [0.15, 0.2) is 83.9 Å². The second-order valence-corrected chi connectivity index (χ2v) is 7.36. The molecule has 32 heavy (non-hydrogen) atoms. The molecule has 1 aromatic heterocycles. The fraction of sp³-hybridized carbons (Fsp3) is 0.160.